The molecule has 0 bridgehead atoms. The molecule has 0 aromatic carbocycles. The Balaban J connectivity index is 1.46. The maximum absolute atomic E-state index is 6.27. The molecule has 2 aliphatic rings. The van der Waals surface area contributed by atoms with Crippen LogP contribution in [0.1, 0.15) is 49.0 Å². The van der Waals surface area contributed by atoms with Gasteiger partial charge in [-0.1, -0.05) is 6.07 Å². The number of fused-ring (bicyclic) bond motifs is 1. The van der Waals surface area contributed by atoms with E-state index < -0.39 is 0 Å². The molecule has 0 unspecified atom stereocenters. The molecular weight excluding hydrogens is 326 g/mol. The largest absolute Gasteiger partial charge is 0.489 e. The average molecular weight is 353 g/mol. The van der Waals surface area contributed by atoms with Crippen LogP contribution in [0, 0.1) is 13.8 Å². The van der Waals surface area contributed by atoms with Gasteiger partial charge in [-0.25, -0.2) is 4.98 Å². The van der Waals surface area contributed by atoms with Crippen LogP contribution in [-0.2, 0) is 6.42 Å². The second kappa shape index (κ2) is 6.88. The zero-order valence-electron chi connectivity index (χ0n) is 16.0. The smallest absolute Gasteiger partial charge is 0.216 e. The summed E-state index contributed by atoms with van der Waals surface area (Å²) in [5, 5.41) is 0. The van der Waals surface area contributed by atoms with E-state index in [1.54, 1.807) is 0 Å². The Labute approximate surface area is 155 Å². The molecule has 5 nitrogen and oxygen atoms in total. The Hall–Kier alpha value is -2.14. The maximum Gasteiger partial charge on any atom is 0.216 e. The fraction of sp³-hybridized carbons (Fsp3) is 0.524. The monoisotopic (exact) mass is 353 g/mol. The van der Waals surface area contributed by atoms with E-state index in [0.29, 0.717) is 6.04 Å². The summed E-state index contributed by atoms with van der Waals surface area (Å²) < 4.78 is 11.9. The molecule has 5 heteroatoms. The van der Waals surface area contributed by atoms with Crippen LogP contribution in [0.3, 0.4) is 0 Å². The molecule has 4 heterocycles. The number of aryl methyl sites for hydroxylation is 2. The van der Waals surface area contributed by atoms with Crippen molar-refractivity contribution in [1.29, 1.82) is 0 Å². The number of likely N-dealkylation sites (tertiary alicyclic amines) is 1. The third-order valence-electron chi connectivity index (χ3n) is 5.44. The Kier molecular flexibility index (Phi) is 4.57. The quantitative estimate of drug-likeness (QED) is 0.840. The molecule has 0 N–H and O–H groups in total. The highest BCUT2D eigenvalue weighted by molar-refractivity contribution is 5.32. The molecule has 4 rings (SSSR count). The van der Waals surface area contributed by atoms with Crippen LogP contribution < -0.4 is 9.47 Å². The van der Waals surface area contributed by atoms with Crippen LogP contribution in [0.4, 0.5) is 0 Å². The number of ether oxygens (including phenoxy) is 2. The Morgan fingerprint density at radius 3 is 2.73 bits per heavy atom. The first-order chi connectivity index (χ1) is 12.5. The van der Waals surface area contributed by atoms with E-state index in [4.69, 9.17) is 14.5 Å². The summed E-state index contributed by atoms with van der Waals surface area (Å²) in [6.45, 7) is 10.2. The Bertz CT molecular complexity index is 788. The van der Waals surface area contributed by atoms with Gasteiger partial charge < -0.3 is 9.47 Å². The number of pyridine rings is 2. The lowest BCUT2D eigenvalue weighted by molar-refractivity contribution is 0.168. The molecule has 0 spiro atoms. The van der Waals surface area contributed by atoms with Gasteiger partial charge in [-0.2, -0.15) is 0 Å². The SMILES string of the molecule is Cc1cc(O[C@@H]2C[C@H](C)N([C@@H](C)c3ccc4c(n3)OCC4)C2)cc(C)n1. The fourth-order valence-electron chi connectivity index (χ4n) is 4.15. The van der Waals surface area contributed by atoms with Gasteiger partial charge >= 0.3 is 0 Å². The minimum Gasteiger partial charge on any atom is -0.489 e. The molecule has 1 saturated heterocycles. The van der Waals surface area contributed by atoms with Crippen molar-refractivity contribution in [2.24, 2.45) is 0 Å². The summed E-state index contributed by atoms with van der Waals surface area (Å²) in [5.41, 5.74) is 4.30. The minimum atomic E-state index is 0.194. The molecule has 2 aromatic rings. The normalized spacial score (nSPS) is 23.5. The first-order valence-electron chi connectivity index (χ1n) is 9.50. The van der Waals surface area contributed by atoms with Crippen molar-refractivity contribution >= 4 is 0 Å². The fourth-order valence-corrected chi connectivity index (χ4v) is 4.15. The molecule has 0 amide bonds. The van der Waals surface area contributed by atoms with Crippen LogP contribution in [-0.4, -0.2) is 40.2 Å². The van der Waals surface area contributed by atoms with E-state index in [9.17, 15) is 0 Å². The van der Waals surface area contributed by atoms with Crippen LogP contribution in [0.15, 0.2) is 24.3 Å². The van der Waals surface area contributed by atoms with Gasteiger partial charge in [0.2, 0.25) is 5.88 Å². The first kappa shape index (κ1) is 17.3. The third kappa shape index (κ3) is 3.40. The van der Waals surface area contributed by atoms with Crippen molar-refractivity contribution in [3.05, 3.63) is 46.9 Å². The molecule has 2 aromatic heterocycles. The third-order valence-corrected chi connectivity index (χ3v) is 5.44. The first-order valence-corrected chi connectivity index (χ1v) is 9.50. The van der Waals surface area contributed by atoms with Crippen molar-refractivity contribution < 1.29 is 9.47 Å². The van der Waals surface area contributed by atoms with Gasteiger partial charge in [-0.3, -0.25) is 9.88 Å². The summed E-state index contributed by atoms with van der Waals surface area (Å²) in [6, 6.07) is 9.04. The van der Waals surface area contributed by atoms with Crippen LogP contribution in [0.25, 0.3) is 0 Å². The lowest BCUT2D eigenvalue weighted by Crippen LogP contribution is -2.32. The number of rotatable bonds is 4. The van der Waals surface area contributed by atoms with Crippen LogP contribution >= 0.6 is 0 Å². The molecule has 0 saturated carbocycles. The number of nitrogens with zero attached hydrogens (tertiary/aromatic N) is 3. The van der Waals surface area contributed by atoms with Gasteiger partial charge in [0.25, 0.3) is 0 Å². The van der Waals surface area contributed by atoms with Gasteiger partial charge in [0, 0.05) is 60.6 Å². The van der Waals surface area contributed by atoms with Crippen molar-refractivity contribution in [1.82, 2.24) is 14.9 Å². The van der Waals surface area contributed by atoms with E-state index in [1.807, 2.05) is 26.0 Å². The summed E-state index contributed by atoms with van der Waals surface area (Å²) in [4.78, 5) is 11.7. The molecule has 0 aliphatic carbocycles. The molecule has 138 valence electrons. The van der Waals surface area contributed by atoms with E-state index in [0.717, 1.165) is 54.7 Å². The average Bonchev–Trinajstić information content (AvgIpc) is 3.18. The second-order valence-electron chi connectivity index (χ2n) is 7.58. The zero-order valence-corrected chi connectivity index (χ0v) is 16.0. The zero-order chi connectivity index (χ0) is 18.3. The molecule has 2 aliphatic heterocycles. The predicted molar refractivity (Wildman–Crippen MR) is 101 cm³/mol. The van der Waals surface area contributed by atoms with Crippen molar-refractivity contribution in [2.75, 3.05) is 13.2 Å². The standard InChI is InChI=1S/C21H27N3O2/c1-13-9-18(10-14(2)22-13)26-19-11-15(3)24(12-19)16(4)20-6-5-17-7-8-25-21(17)23-20/h5-6,9-10,15-16,19H,7-8,11-12H2,1-4H3/t15-,16-,19+/m0/s1. The Morgan fingerprint density at radius 1 is 1.19 bits per heavy atom. The van der Waals surface area contributed by atoms with Crippen molar-refractivity contribution in [2.45, 2.75) is 58.7 Å². The van der Waals surface area contributed by atoms with E-state index in [2.05, 4.69) is 35.9 Å². The summed E-state index contributed by atoms with van der Waals surface area (Å²) in [7, 11) is 0. The van der Waals surface area contributed by atoms with Gasteiger partial charge in [-0.15, -0.1) is 0 Å². The Morgan fingerprint density at radius 2 is 1.96 bits per heavy atom. The van der Waals surface area contributed by atoms with E-state index in [-0.39, 0.29) is 12.1 Å². The number of aromatic nitrogens is 2. The van der Waals surface area contributed by atoms with Gasteiger partial charge in [0.05, 0.1) is 12.3 Å². The summed E-state index contributed by atoms with van der Waals surface area (Å²) >= 11 is 0. The van der Waals surface area contributed by atoms with Crippen LogP contribution in [0.5, 0.6) is 11.6 Å². The number of hydrogen-bond acceptors (Lipinski definition) is 5. The predicted octanol–water partition coefficient (Wildman–Crippen LogP) is 3.63. The van der Waals surface area contributed by atoms with Gasteiger partial charge in [-0.05, 0) is 33.8 Å². The molecule has 3 atom stereocenters. The lowest BCUT2D eigenvalue weighted by Gasteiger charge is -2.28. The summed E-state index contributed by atoms with van der Waals surface area (Å²) in [6.07, 6.45) is 2.18. The summed E-state index contributed by atoms with van der Waals surface area (Å²) in [5.74, 6) is 1.74. The number of hydrogen-bond donors (Lipinski definition) is 0. The van der Waals surface area contributed by atoms with Gasteiger partial charge in [0.15, 0.2) is 0 Å². The lowest BCUT2D eigenvalue weighted by atomic mass is 10.1. The van der Waals surface area contributed by atoms with Crippen molar-refractivity contribution in [3.8, 4) is 11.6 Å². The van der Waals surface area contributed by atoms with Crippen molar-refractivity contribution in [3.63, 3.8) is 0 Å². The second-order valence-corrected chi connectivity index (χ2v) is 7.58. The van der Waals surface area contributed by atoms with Crippen LogP contribution in [0.2, 0.25) is 0 Å². The van der Waals surface area contributed by atoms with E-state index in [1.165, 1.54) is 5.56 Å². The van der Waals surface area contributed by atoms with E-state index >= 15 is 0 Å². The molecule has 0 radical (unpaired) electrons. The molecule has 26 heavy (non-hydrogen) atoms. The minimum absolute atomic E-state index is 0.194. The maximum atomic E-state index is 6.27. The highest BCUT2D eigenvalue weighted by Gasteiger charge is 2.34. The molecule has 1 fully saturated rings. The molecular formula is C21H27N3O2. The highest BCUT2D eigenvalue weighted by Crippen LogP contribution is 2.32. The highest BCUT2D eigenvalue weighted by atomic mass is 16.5. The van der Waals surface area contributed by atoms with Gasteiger partial charge in [0.1, 0.15) is 11.9 Å². The topological polar surface area (TPSA) is 47.5 Å².